The first-order valence-electron chi connectivity index (χ1n) is 17.1. The molecule has 5 heteroatoms. The largest absolute Gasteiger partial charge is 0.310 e. The third-order valence-corrected chi connectivity index (χ3v) is 17.5. The molecule has 0 bridgehead atoms. The maximum Gasteiger partial charge on any atom is 0.264 e. The fraction of sp³-hybridized carbons (Fsp3) is 0. The SMILES string of the molecule is c1ccc(N2c3ccc4c5cccc6c5n5c4c3B(c3cccc(c3-5)[Si]6(c3ccccc3)c3ccccc3)c3sc4ccccc4c32)cc1. The van der Waals surface area contributed by atoms with Gasteiger partial charge in [0.25, 0.3) is 6.71 Å². The summed E-state index contributed by atoms with van der Waals surface area (Å²) in [6, 6.07) is 62.1. The average Bonchev–Trinajstić information content (AvgIpc) is 3.73. The molecule has 9 aromatic rings. The molecule has 0 N–H and O–H groups in total. The van der Waals surface area contributed by atoms with Gasteiger partial charge in [0.1, 0.15) is 0 Å². The van der Waals surface area contributed by atoms with Gasteiger partial charge in [-0.25, -0.2) is 0 Å². The molecule has 0 radical (unpaired) electrons. The third-order valence-electron chi connectivity index (χ3n) is 11.4. The van der Waals surface area contributed by atoms with E-state index in [-0.39, 0.29) is 6.71 Å². The zero-order valence-corrected chi connectivity index (χ0v) is 28.3. The highest BCUT2D eigenvalue weighted by molar-refractivity contribution is 7.34. The van der Waals surface area contributed by atoms with Crippen LogP contribution < -0.4 is 41.3 Å². The number of thiophene rings is 1. The van der Waals surface area contributed by atoms with Gasteiger partial charge in [-0.1, -0.05) is 140 Å². The van der Waals surface area contributed by atoms with Crippen LogP contribution in [0.4, 0.5) is 17.1 Å². The molecule has 0 unspecified atom stereocenters. The summed E-state index contributed by atoms with van der Waals surface area (Å²) in [5.41, 5.74) is 10.8. The highest BCUT2D eigenvalue weighted by Gasteiger charge is 2.52. The van der Waals surface area contributed by atoms with Gasteiger partial charge in [0, 0.05) is 42.7 Å². The van der Waals surface area contributed by atoms with Crippen LogP contribution >= 0.6 is 11.3 Å². The van der Waals surface area contributed by atoms with E-state index in [4.69, 9.17) is 0 Å². The Kier molecular flexibility index (Phi) is 5.00. The highest BCUT2D eigenvalue weighted by Crippen LogP contribution is 2.46. The number of hydrogen-bond donors (Lipinski definition) is 0. The van der Waals surface area contributed by atoms with Gasteiger partial charge in [-0.05, 0) is 55.9 Å². The van der Waals surface area contributed by atoms with Crippen molar-refractivity contribution < 1.29 is 0 Å². The van der Waals surface area contributed by atoms with Crippen molar-refractivity contribution in [3.05, 3.63) is 164 Å². The number of nitrogens with zero attached hydrogens (tertiary/aromatic N) is 2. The lowest BCUT2D eigenvalue weighted by Gasteiger charge is -2.44. The van der Waals surface area contributed by atoms with E-state index in [1.165, 1.54) is 91.1 Å². The number of fused-ring (bicyclic) bond motifs is 6. The quantitative estimate of drug-likeness (QED) is 0.203. The van der Waals surface area contributed by atoms with E-state index >= 15 is 0 Å². The summed E-state index contributed by atoms with van der Waals surface area (Å²) in [6.07, 6.45) is 0. The first-order chi connectivity index (χ1) is 24.4. The van der Waals surface area contributed by atoms with Crippen LogP contribution in [0.1, 0.15) is 0 Å². The lowest BCUT2D eigenvalue weighted by atomic mass is 9.36. The van der Waals surface area contributed by atoms with Crippen LogP contribution in [0.5, 0.6) is 0 Å². The van der Waals surface area contributed by atoms with E-state index in [0.717, 1.165) is 0 Å². The van der Waals surface area contributed by atoms with E-state index in [1.54, 1.807) is 0 Å². The number of anilines is 3. The first kappa shape index (κ1) is 26.3. The Morgan fingerprint density at radius 3 is 1.90 bits per heavy atom. The van der Waals surface area contributed by atoms with Gasteiger partial charge in [0.15, 0.2) is 8.07 Å². The Labute approximate surface area is 289 Å². The number of aromatic nitrogens is 1. The molecule has 0 spiro atoms. The molecule has 0 amide bonds. The van der Waals surface area contributed by atoms with Crippen molar-refractivity contribution in [2.45, 2.75) is 0 Å². The summed E-state index contributed by atoms with van der Waals surface area (Å²) in [6.45, 7) is 0.137. The van der Waals surface area contributed by atoms with Crippen LogP contribution in [0.15, 0.2) is 164 Å². The minimum Gasteiger partial charge on any atom is -0.310 e. The van der Waals surface area contributed by atoms with Crippen LogP contribution in [0.25, 0.3) is 37.6 Å². The van der Waals surface area contributed by atoms with Gasteiger partial charge in [-0.15, -0.1) is 11.3 Å². The minimum atomic E-state index is -2.73. The molecule has 0 saturated carbocycles. The van der Waals surface area contributed by atoms with Crippen molar-refractivity contribution in [2.75, 3.05) is 4.90 Å². The summed E-state index contributed by atoms with van der Waals surface area (Å²) in [5.74, 6) is 0. The van der Waals surface area contributed by atoms with E-state index in [1.807, 2.05) is 11.3 Å². The molecule has 3 aliphatic heterocycles. The smallest absolute Gasteiger partial charge is 0.264 e. The number of hydrogen-bond acceptors (Lipinski definition) is 2. The van der Waals surface area contributed by atoms with E-state index in [2.05, 4.69) is 173 Å². The average molecular weight is 655 g/mol. The molecule has 0 aliphatic carbocycles. The van der Waals surface area contributed by atoms with Gasteiger partial charge in [-0.2, -0.15) is 0 Å². The van der Waals surface area contributed by atoms with Gasteiger partial charge in [0.05, 0.1) is 16.7 Å². The molecule has 0 fully saturated rings. The molecule has 2 aromatic heterocycles. The van der Waals surface area contributed by atoms with Gasteiger partial charge >= 0.3 is 0 Å². The van der Waals surface area contributed by atoms with E-state index < -0.39 is 8.07 Å². The summed E-state index contributed by atoms with van der Waals surface area (Å²) in [7, 11) is -2.73. The van der Waals surface area contributed by atoms with Crippen molar-refractivity contribution >= 4 is 112 Å². The summed E-state index contributed by atoms with van der Waals surface area (Å²) in [4.78, 5) is 2.55. The van der Waals surface area contributed by atoms with E-state index in [0.29, 0.717) is 0 Å². The van der Waals surface area contributed by atoms with Crippen molar-refractivity contribution in [2.24, 2.45) is 0 Å². The standard InChI is InChI=1S/C44H27BN2SSi/c1-4-14-28(15-5-1)46-35-27-26-32-31-21-12-24-37-40(31)47-41(32)39(35)45(44-42(46)33-20-10-11-23-36(33)48-44)34-22-13-25-38(43(34)47)49(37,29-16-6-2-7-17-29)30-18-8-3-9-19-30/h1-27H. The molecule has 7 aromatic carbocycles. The molecule has 2 nitrogen and oxygen atoms in total. The summed E-state index contributed by atoms with van der Waals surface area (Å²) in [5, 5.41) is 9.88. The van der Waals surface area contributed by atoms with Gasteiger partial charge < -0.3 is 9.47 Å². The van der Waals surface area contributed by atoms with Crippen molar-refractivity contribution in [3.63, 3.8) is 0 Å². The lowest BCUT2D eigenvalue weighted by Crippen LogP contribution is -2.78. The number of benzene rings is 7. The Morgan fingerprint density at radius 2 is 1.12 bits per heavy atom. The normalized spacial score (nSPS) is 14.6. The van der Waals surface area contributed by atoms with Crippen LogP contribution in [-0.2, 0) is 0 Å². The predicted molar refractivity (Wildman–Crippen MR) is 213 cm³/mol. The topological polar surface area (TPSA) is 8.17 Å². The van der Waals surface area contributed by atoms with E-state index in [9.17, 15) is 0 Å². The Bertz CT molecular complexity index is 2800. The van der Waals surface area contributed by atoms with Crippen molar-refractivity contribution in [1.82, 2.24) is 4.57 Å². The van der Waals surface area contributed by atoms with Crippen molar-refractivity contribution in [3.8, 4) is 5.69 Å². The molecule has 0 atom stereocenters. The first-order valence-corrected chi connectivity index (χ1v) is 19.9. The molecule has 12 rings (SSSR count). The van der Waals surface area contributed by atoms with Crippen LogP contribution in [0.2, 0.25) is 0 Å². The molecular formula is C44H27BN2SSi. The second kappa shape index (κ2) is 9.29. The molecule has 49 heavy (non-hydrogen) atoms. The molecule has 226 valence electrons. The fourth-order valence-corrected chi connectivity index (χ4v) is 16.2. The number of rotatable bonds is 3. The lowest BCUT2D eigenvalue weighted by molar-refractivity contribution is 1.19. The van der Waals surface area contributed by atoms with Gasteiger partial charge in [0.2, 0.25) is 0 Å². The Morgan fingerprint density at radius 1 is 0.490 bits per heavy atom. The predicted octanol–water partition coefficient (Wildman–Crippen LogP) is 6.30. The Balaban J connectivity index is 1.33. The fourth-order valence-electron chi connectivity index (χ4n) is 9.70. The maximum atomic E-state index is 2.69. The van der Waals surface area contributed by atoms with Gasteiger partial charge in [-0.3, -0.25) is 0 Å². The molecular weight excluding hydrogens is 627 g/mol. The highest BCUT2D eigenvalue weighted by atomic mass is 32.1. The maximum absolute atomic E-state index is 2.73. The molecule has 5 heterocycles. The molecule has 3 aliphatic rings. The van der Waals surface area contributed by atoms with Crippen LogP contribution in [0, 0.1) is 0 Å². The van der Waals surface area contributed by atoms with Crippen LogP contribution in [-0.4, -0.2) is 19.4 Å². The second-order valence-corrected chi connectivity index (χ2v) is 18.4. The second-order valence-electron chi connectivity index (χ2n) is 13.6. The third kappa shape index (κ3) is 3.06. The minimum absolute atomic E-state index is 0.137. The van der Waals surface area contributed by atoms with Crippen LogP contribution in [0.3, 0.4) is 0 Å². The number of para-hydroxylation sites is 3. The summed E-state index contributed by atoms with van der Waals surface area (Å²) >= 11 is 1.98. The van der Waals surface area contributed by atoms with Crippen molar-refractivity contribution in [1.29, 1.82) is 0 Å². The zero-order chi connectivity index (χ0) is 31.8. The molecule has 0 saturated heterocycles. The Hall–Kier alpha value is -5.62. The monoisotopic (exact) mass is 654 g/mol. The zero-order valence-electron chi connectivity index (χ0n) is 26.5. The summed E-state index contributed by atoms with van der Waals surface area (Å²) < 4.78 is 5.47.